The zero-order valence-corrected chi connectivity index (χ0v) is 15.1. The largest absolute Gasteiger partial charge is 0.384 e. The molecule has 0 aromatic carbocycles. The molecule has 4 rings (SSSR count). The van der Waals surface area contributed by atoms with Crippen molar-refractivity contribution in [2.24, 2.45) is 5.41 Å². The number of hydrogen-bond donors (Lipinski definition) is 2. The Balaban J connectivity index is 1.57. The molecular weight excluding hydrogens is 334 g/mol. The quantitative estimate of drug-likeness (QED) is 0.859. The number of anilines is 2. The molecule has 1 amide bonds. The summed E-state index contributed by atoms with van der Waals surface area (Å²) in [5.41, 5.74) is 6.63. The van der Waals surface area contributed by atoms with Crippen LogP contribution in [0.15, 0.2) is 29.1 Å². The number of hydrogen-bond acceptors (Lipinski definition) is 6. The molecule has 6 nitrogen and oxygen atoms in total. The average Bonchev–Trinajstić information content (AvgIpc) is 3.34. The van der Waals surface area contributed by atoms with Crippen molar-refractivity contribution in [1.29, 1.82) is 0 Å². The highest BCUT2D eigenvalue weighted by atomic mass is 32.1. The van der Waals surface area contributed by atoms with Crippen molar-refractivity contribution >= 4 is 29.0 Å². The number of fused-ring (bicyclic) bond motifs is 2. The number of nitrogens with one attached hydrogen (secondary N) is 1. The summed E-state index contributed by atoms with van der Waals surface area (Å²) in [6.07, 6.45) is 5.47. The highest BCUT2D eigenvalue weighted by molar-refractivity contribution is 7.07. The highest BCUT2D eigenvalue weighted by Crippen LogP contribution is 2.52. The Labute approximate surface area is 151 Å². The number of nitrogens with zero attached hydrogens (tertiary/aromatic N) is 3. The Morgan fingerprint density at radius 2 is 2.36 bits per heavy atom. The molecule has 3 N–H and O–H groups in total. The van der Waals surface area contributed by atoms with Gasteiger partial charge in [-0.15, -0.1) is 0 Å². The second-order valence-electron chi connectivity index (χ2n) is 6.96. The number of thiophene rings is 1. The minimum Gasteiger partial charge on any atom is -0.384 e. The molecule has 0 spiro atoms. The summed E-state index contributed by atoms with van der Waals surface area (Å²) in [6, 6.07) is 4.21. The fourth-order valence-electron chi connectivity index (χ4n) is 4.51. The molecule has 25 heavy (non-hydrogen) atoms. The number of aromatic nitrogens is 2. The van der Waals surface area contributed by atoms with Crippen LogP contribution in [0.5, 0.6) is 0 Å². The smallest absolute Gasteiger partial charge is 0.228 e. The number of nitrogen functional groups attached to an aromatic ring is 1. The Bertz CT molecular complexity index is 765. The summed E-state index contributed by atoms with van der Waals surface area (Å²) in [5, 5.41) is 7.27. The van der Waals surface area contributed by atoms with Crippen LogP contribution in [0.2, 0.25) is 0 Å². The molecule has 2 fully saturated rings. The van der Waals surface area contributed by atoms with Crippen LogP contribution in [-0.4, -0.2) is 28.0 Å². The van der Waals surface area contributed by atoms with E-state index in [2.05, 4.69) is 38.6 Å². The van der Waals surface area contributed by atoms with Crippen LogP contribution in [0.25, 0.3) is 0 Å². The third-order valence-electron chi connectivity index (χ3n) is 5.75. The number of rotatable bonds is 5. The van der Waals surface area contributed by atoms with Gasteiger partial charge in [0.05, 0.1) is 5.41 Å². The second-order valence-corrected chi connectivity index (χ2v) is 7.74. The molecule has 3 atom stereocenters. The average molecular weight is 357 g/mol. The zero-order valence-electron chi connectivity index (χ0n) is 14.3. The van der Waals surface area contributed by atoms with E-state index in [4.69, 9.17) is 5.73 Å². The van der Waals surface area contributed by atoms with E-state index in [0.717, 1.165) is 31.2 Å². The van der Waals surface area contributed by atoms with Gasteiger partial charge in [0, 0.05) is 24.8 Å². The first-order valence-electron chi connectivity index (χ1n) is 8.80. The van der Waals surface area contributed by atoms with Crippen LogP contribution in [-0.2, 0) is 11.3 Å². The molecule has 0 unspecified atom stereocenters. The molecule has 2 aliphatic rings. The van der Waals surface area contributed by atoms with Crippen molar-refractivity contribution < 1.29 is 4.79 Å². The van der Waals surface area contributed by atoms with Gasteiger partial charge >= 0.3 is 0 Å². The van der Waals surface area contributed by atoms with Gasteiger partial charge in [0.2, 0.25) is 11.9 Å². The van der Waals surface area contributed by atoms with Crippen molar-refractivity contribution in [3.8, 4) is 0 Å². The lowest BCUT2D eigenvalue weighted by Gasteiger charge is -2.35. The first kappa shape index (κ1) is 16.3. The van der Waals surface area contributed by atoms with Crippen LogP contribution in [0.4, 0.5) is 11.8 Å². The SMILES string of the molecule is CC[C@]1(C(=O)NCc2ccsc2)C[C@H]2CC[C@@H]1N2c1nccc(N)n1. The maximum Gasteiger partial charge on any atom is 0.228 e. The number of carbonyl (C=O) groups excluding carboxylic acids is 1. The van der Waals surface area contributed by atoms with Crippen molar-refractivity contribution in [2.45, 2.75) is 51.2 Å². The van der Waals surface area contributed by atoms with Gasteiger partial charge in [-0.3, -0.25) is 4.79 Å². The summed E-state index contributed by atoms with van der Waals surface area (Å²) < 4.78 is 0. The van der Waals surface area contributed by atoms with Gasteiger partial charge in [-0.25, -0.2) is 4.98 Å². The predicted octanol–water partition coefficient (Wildman–Crippen LogP) is 2.57. The molecule has 2 aromatic heterocycles. The van der Waals surface area contributed by atoms with E-state index in [-0.39, 0.29) is 17.4 Å². The lowest BCUT2D eigenvalue weighted by molar-refractivity contribution is -0.132. The van der Waals surface area contributed by atoms with Crippen LogP contribution >= 0.6 is 11.3 Å². The molecule has 2 aromatic rings. The van der Waals surface area contributed by atoms with E-state index in [1.165, 1.54) is 0 Å². The lowest BCUT2D eigenvalue weighted by Crippen LogP contribution is -2.48. The van der Waals surface area contributed by atoms with Gasteiger partial charge in [0.15, 0.2) is 0 Å². The Hall–Kier alpha value is -2.15. The predicted molar refractivity (Wildman–Crippen MR) is 99.2 cm³/mol. The fraction of sp³-hybridized carbons (Fsp3) is 0.500. The van der Waals surface area contributed by atoms with Gasteiger partial charge in [0.1, 0.15) is 5.82 Å². The van der Waals surface area contributed by atoms with Gasteiger partial charge in [-0.1, -0.05) is 6.92 Å². The molecule has 2 bridgehead atoms. The molecule has 7 heteroatoms. The second kappa shape index (κ2) is 6.29. The van der Waals surface area contributed by atoms with Gasteiger partial charge < -0.3 is 16.0 Å². The standard InChI is InChI=1S/C18H23N5OS/c1-2-18(16(24)21-10-12-6-8-25-11-12)9-13-3-4-14(18)23(13)17-20-7-5-15(19)22-17/h5-8,11,13-14H,2-4,9-10H2,1H3,(H,21,24)(H2,19,20,22)/t13-,14+,18+/m1/s1. The summed E-state index contributed by atoms with van der Waals surface area (Å²) in [6.45, 7) is 2.71. The summed E-state index contributed by atoms with van der Waals surface area (Å²) >= 11 is 1.65. The van der Waals surface area contributed by atoms with Gasteiger partial charge in [-0.05, 0) is 54.1 Å². The molecule has 0 saturated carbocycles. The number of amides is 1. The summed E-state index contributed by atoms with van der Waals surface area (Å²) in [4.78, 5) is 24.2. The minimum atomic E-state index is -0.368. The zero-order chi connectivity index (χ0) is 17.4. The van der Waals surface area contributed by atoms with Gasteiger partial charge in [-0.2, -0.15) is 16.3 Å². The highest BCUT2D eigenvalue weighted by Gasteiger charge is 2.59. The van der Waals surface area contributed by atoms with Crippen molar-refractivity contribution in [3.05, 3.63) is 34.7 Å². The Morgan fingerprint density at radius 3 is 3.08 bits per heavy atom. The first-order chi connectivity index (χ1) is 12.1. The van der Waals surface area contributed by atoms with Crippen LogP contribution < -0.4 is 16.0 Å². The molecule has 0 radical (unpaired) electrons. The van der Waals surface area contributed by atoms with Crippen molar-refractivity contribution in [1.82, 2.24) is 15.3 Å². The molecule has 2 aliphatic heterocycles. The normalized spacial score (nSPS) is 27.6. The number of nitrogens with two attached hydrogens (primary N) is 1. The van der Waals surface area contributed by atoms with E-state index in [1.807, 2.05) is 5.38 Å². The third-order valence-corrected chi connectivity index (χ3v) is 6.48. The third kappa shape index (κ3) is 2.66. The summed E-state index contributed by atoms with van der Waals surface area (Å²) in [7, 11) is 0. The van der Waals surface area contributed by atoms with Crippen molar-refractivity contribution in [3.63, 3.8) is 0 Å². The monoisotopic (exact) mass is 357 g/mol. The van der Waals surface area contributed by atoms with Gasteiger partial charge in [0.25, 0.3) is 0 Å². The summed E-state index contributed by atoms with van der Waals surface area (Å²) in [5.74, 6) is 1.29. The van der Waals surface area contributed by atoms with E-state index in [9.17, 15) is 4.79 Å². The lowest BCUT2D eigenvalue weighted by atomic mass is 9.71. The first-order valence-corrected chi connectivity index (χ1v) is 9.74. The van der Waals surface area contributed by atoms with E-state index >= 15 is 0 Å². The topological polar surface area (TPSA) is 84.1 Å². The van der Waals surface area contributed by atoms with E-state index in [0.29, 0.717) is 24.4 Å². The number of carbonyl (C=O) groups is 1. The Morgan fingerprint density at radius 1 is 1.48 bits per heavy atom. The fourth-order valence-corrected chi connectivity index (χ4v) is 5.18. The van der Waals surface area contributed by atoms with Crippen LogP contribution in [0.1, 0.15) is 38.2 Å². The van der Waals surface area contributed by atoms with Crippen molar-refractivity contribution in [2.75, 3.05) is 10.6 Å². The Kier molecular flexibility index (Phi) is 4.11. The molecule has 132 valence electrons. The molecule has 2 saturated heterocycles. The van der Waals surface area contributed by atoms with E-state index in [1.54, 1.807) is 23.6 Å². The van der Waals surface area contributed by atoms with Crippen LogP contribution in [0, 0.1) is 5.41 Å². The minimum absolute atomic E-state index is 0.145. The van der Waals surface area contributed by atoms with E-state index < -0.39 is 0 Å². The molecular formula is C18H23N5OS. The molecule has 0 aliphatic carbocycles. The maximum absolute atomic E-state index is 13.1. The maximum atomic E-state index is 13.1. The molecule has 4 heterocycles. The van der Waals surface area contributed by atoms with Crippen LogP contribution in [0.3, 0.4) is 0 Å².